The Balaban J connectivity index is 1.16. The van der Waals surface area contributed by atoms with Crippen LogP contribution in [0.25, 0.3) is 66.1 Å². The molecule has 0 heterocycles. The molecule has 0 radical (unpaired) electrons. The summed E-state index contributed by atoms with van der Waals surface area (Å²) in [5, 5.41) is 4.99. The molecule has 0 saturated carbocycles. The van der Waals surface area contributed by atoms with Crippen LogP contribution in [-0.2, 0) is 5.41 Å². The van der Waals surface area contributed by atoms with E-state index in [-0.39, 0.29) is 5.41 Å². The Labute approximate surface area is 323 Å². The number of fused-ring (bicyclic) bond motifs is 5. The Morgan fingerprint density at radius 2 is 0.891 bits per heavy atom. The third kappa shape index (κ3) is 5.55. The smallest absolute Gasteiger partial charge is 0.0621 e. The molecule has 262 valence electrons. The summed E-state index contributed by atoms with van der Waals surface area (Å²) in [5.41, 5.74) is 17.3. The van der Waals surface area contributed by atoms with Crippen molar-refractivity contribution in [3.63, 3.8) is 0 Å². The zero-order valence-electron chi connectivity index (χ0n) is 31.4. The molecule has 1 nitrogen and oxygen atoms in total. The molecule has 9 aromatic carbocycles. The van der Waals surface area contributed by atoms with Crippen LogP contribution in [0.2, 0.25) is 0 Å². The van der Waals surface area contributed by atoms with Crippen LogP contribution in [0.4, 0.5) is 17.1 Å². The van der Waals surface area contributed by atoms with Gasteiger partial charge in [0.25, 0.3) is 0 Å². The highest BCUT2D eigenvalue weighted by atomic mass is 15.1. The van der Waals surface area contributed by atoms with E-state index in [1.807, 2.05) is 0 Å². The van der Waals surface area contributed by atoms with E-state index < -0.39 is 0 Å². The summed E-state index contributed by atoms with van der Waals surface area (Å²) >= 11 is 0. The van der Waals surface area contributed by atoms with Gasteiger partial charge in [-0.1, -0.05) is 177 Å². The van der Waals surface area contributed by atoms with E-state index in [2.05, 4.69) is 220 Å². The predicted molar refractivity (Wildman–Crippen MR) is 235 cm³/mol. The van der Waals surface area contributed by atoms with Crippen molar-refractivity contribution < 1.29 is 0 Å². The fraction of sp³-hybridized carbons (Fsp3) is 0.0741. The van der Waals surface area contributed by atoms with Gasteiger partial charge in [-0.3, -0.25) is 0 Å². The van der Waals surface area contributed by atoms with Crippen molar-refractivity contribution >= 4 is 38.6 Å². The summed E-state index contributed by atoms with van der Waals surface area (Å²) < 4.78 is 0. The quantitative estimate of drug-likeness (QED) is 0.167. The van der Waals surface area contributed by atoms with Gasteiger partial charge in [0, 0.05) is 27.7 Å². The maximum atomic E-state index is 2.50. The van der Waals surface area contributed by atoms with Crippen LogP contribution >= 0.6 is 0 Å². The molecule has 55 heavy (non-hydrogen) atoms. The molecule has 0 aromatic heterocycles. The first-order valence-corrected chi connectivity index (χ1v) is 19.3. The van der Waals surface area contributed by atoms with Gasteiger partial charge in [0.05, 0.1) is 5.69 Å². The van der Waals surface area contributed by atoms with E-state index in [0.717, 1.165) is 11.4 Å². The van der Waals surface area contributed by atoms with Crippen molar-refractivity contribution in [2.75, 3.05) is 4.90 Å². The van der Waals surface area contributed by atoms with Gasteiger partial charge in [-0.15, -0.1) is 0 Å². The van der Waals surface area contributed by atoms with E-state index in [1.165, 1.54) is 88.4 Å². The lowest BCUT2D eigenvalue weighted by molar-refractivity contribution is 0.661. The monoisotopic (exact) mass is 703 g/mol. The number of anilines is 3. The number of rotatable bonds is 6. The normalized spacial score (nSPS) is 12.8. The van der Waals surface area contributed by atoms with Gasteiger partial charge in [0.15, 0.2) is 0 Å². The topological polar surface area (TPSA) is 3.24 Å². The summed E-state index contributed by atoms with van der Waals surface area (Å²) in [5.74, 6) is 0. The molecule has 0 aliphatic heterocycles. The summed E-state index contributed by atoms with van der Waals surface area (Å²) in [6.45, 7) is 6.89. The molecule has 0 atom stereocenters. The van der Waals surface area contributed by atoms with Crippen molar-refractivity contribution in [3.05, 3.63) is 211 Å². The minimum absolute atomic E-state index is 0.137. The summed E-state index contributed by atoms with van der Waals surface area (Å²) in [7, 11) is 0. The Morgan fingerprint density at radius 3 is 1.58 bits per heavy atom. The van der Waals surface area contributed by atoms with Crippen molar-refractivity contribution in [2.24, 2.45) is 0 Å². The van der Waals surface area contributed by atoms with Gasteiger partial charge < -0.3 is 4.90 Å². The highest BCUT2D eigenvalue weighted by Crippen LogP contribution is 2.56. The van der Waals surface area contributed by atoms with Gasteiger partial charge >= 0.3 is 0 Å². The lowest BCUT2D eigenvalue weighted by Gasteiger charge is -2.31. The first kappa shape index (κ1) is 32.9. The highest BCUT2D eigenvalue weighted by Gasteiger charge is 2.39. The minimum atomic E-state index is -0.137. The number of hydrogen-bond donors (Lipinski definition) is 0. The largest absolute Gasteiger partial charge is 0.309 e. The number of benzene rings is 9. The van der Waals surface area contributed by atoms with Gasteiger partial charge in [-0.25, -0.2) is 0 Å². The zero-order chi connectivity index (χ0) is 37.1. The molecule has 0 fully saturated rings. The molecule has 0 unspecified atom stereocenters. The summed E-state index contributed by atoms with van der Waals surface area (Å²) in [6.07, 6.45) is 0. The maximum absolute atomic E-state index is 2.50. The molecule has 1 aliphatic carbocycles. The minimum Gasteiger partial charge on any atom is -0.309 e. The van der Waals surface area contributed by atoms with Crippen LogP contribution < -0.4 is 4.90 Å². The maximum Gasteiger partial charge on any atom is 0.0621 e. The average Bonchev–Trinajstić information content (AvgIpc) is 3.46. The SMILES string of the molecule is Cc1ccc(-c2ccc(N(c3ccc(-c4ccccc4-c4ccc5ccccc5c4)cc3)c3c4c(cc5ccccc35)C(C)(C)c3ccccc3-4)cc2)cc1. The molecule has 0 N–H and O–H groups in total. The number of aryl methyl sites for hydroxylation is 1. The molecular formula is C54H41N. The van der Waals surface area contributed by atoms with E-state index in [4.69, 9.17) is 0 Å². The van der Waals surface area contributed by atoms with Crippen molar-refractivity contribution in [1.29, 1.82) is 0 Å². The van der Waals surface area contributed by atoms with E-state index in [9.17, 15) is 0 Å². The molecule has 1 heteroatoms. The van der Waals surface area contributed by atoms with Crippen LogP contribution in [0.3, 0.4) is 0 Å². The molecular weight excluding hydrogens is 663 g/mol. The fourth-order valence-corrected chi connectivity index (χ4v) is 8.81. The van der Waals surface area contributed by atoms with E-state index in [0.29, 0.717) is 0 Å². The second kappa shape index (κ2) is 13.0. The van der Waals surface area contributed by atoms with E-state index >= 15 is 0 Å². The Hall–Kier alpha value is -6.70. The van der Waals surface area contributed by atoms with Crippen LogP contribution in [0.5, 0.6) is 0 Å². The van der Waals surface area contributed by atoms with Crippen molar-refractivity contribution in [2.45, 2.75) is 26.2 Å². The van der Waals surface area contributed by atoms with Crippen molar-refractivity contribution in [3.8, 4) is 44.5 Å². The molecule has 0 bridgehead atoms. The van der Waals surface area contributed by atoms with Gasteiger partial charge in [-0.2, -0.15) is 0 Å². The van der Waals surface area contributed by atoms with Crippen LogP contribution in [0.15, 0.2) is 194 Å². The Bertz CT molecular complexity index is 2880. The fourth-order valence-electron chi connectivity index (χ4n) is 8.81. The second-order valence-corrected chi connectivity index (χ2v) is 15.4. The Morgan fingerprint density at radius 1 is 0.382 bits per heavy atom. The van der Waals surface area contributed by atoms with Crippen molar-refractivity contribution in [1.82, 2.24) is 0 Å². The summed E-state index contributed by atoms with van der Waals surface area (Å²) in [4.78, 5) is 2.50. The summed E-state index contributed by atoms with van der Waals surface area (Å²) in [6, 6.07) is 71.6. The lowest BCUT2D eigenvalue weighted by Crippen LogP contribution is -2.16. The molecule has 0 amide bonds. The predicted octanol–water partition coefficient (Wildman–Crippen LogP) is 15.1. The van der Waals surface area contributed by atoms with Crippen LogP contribution in [-0.4, -0.2) is 0 Å². The third-order valence-corrected chi connectivity index (χ3v) is 11.7. The first-order chi connectivity index (χ1) is 26.9. The highest BCUT2D eigenvalue weighted by molar-refractivity contribution is 6.10. The van der Waals surface area contributed by atoms with Crippen LogP contribution in [0.1, 0.15) is 30.5 Å². The molecule has 0 saturated heterocycles. The number of hydrogen-bond acceptors (Lipinski definition) is 1. The molecule has 10 rings (SSSR count). The van der Waals surface area contributed by atoms with Crippen LogP contribution in [0, 0.1) is 6.92 Å². The zero-order valence-corrected chi connectivity index (χ0v) is 31.4. The van der Waals surface area contributed by atoms with E-state index in [1.54, 1.807) is 0 Å². The first-order valence-electron chi connectivity index (χ1n) is 19.3. The average molecular weight is 704 g/mol. The van der Waals surface area contributed by atoms with Gasteiger partial charge in [-0.05, 0) is 110 Å². The molecule has 1 aliphatic rings. The van der Waals surface area contributed by atoms with Gasteiger partial charge in [0.1, 0.15) is 0 Å². The molecule has 0 spiro atoms. The Kier molecular flexibility index (Phi) is 7.78. The third-order valence-electron chi connectivity index (χ3n) is 11.7. The van der Waals surface area contributed by atoms with Gasteiger partial charge in [0.2, 0.25) is 0 Å². The second-order valence-electron chi connectivity index (χ2n) is 15.4. The standard InChI is InChI=1S/C54H41N/c1-36-20-22-38(23-21-36)39-26-30-44(31-27-39)55(53-48-17-7-6-14-42(48)35-51-52(53)49-18-10-11-19-50(49)54(51,2)3)45-32-28-40(29-33-45)46-15-8-9-16-47(46)43-25-24-37-12-4-5-13-41(37)34-43/h4-35H,1-3H3. The lowest BCUT2D eigenvalue weighted by atomic mass is 9.81. The number of nitrogens with zero attached hydrogens (tertiary/aromatic N) is 1. The molecule has 9 aromatic rings.